The summed E-state index contributed by atoms with van der Waals surface area (Å²) in [5.41, 5.74) is 1.96. The smallest absolute Gasteiger partial charge is 0.227 e. The molecule has 6 heteroatoms. The van der Waals surface area contributed by atoms with Crippen molar-refractivity contribution in [2.75, 3.05) is 25.9 Å². The predicted octanol–water partition coefficient (Wildman–Crippen LogP) is 2.93. The zero-order valence-electron chi connectivity index (χ0n) is 16.3. The van der Waals surface area contributed by atoms with Gasteiger partial charge in [-0.3, -0.25) is 4.79 Å². The van der Waals surface area contributed by atoms with Crippen molar-refractivity contribution < 1.29 is 4.79 Å². The Bertz CT molecular complexity index is 599. The molecule has 3 N–H and O–H groups in total. The number of aryl methyl sites for hydroxylation is 1. The maximum absolute atomic E-state index is 12.1. The molecule has 0 unspecified atom stereocenters. The van der Waals surface area contributed by atoms with E-state index in [1.807, 2.05) is 27.7 Å². The molecule has 0 atom stereocenters. The Labute approximate surface area is 156 Å². The number of benzene rings is 1. The summed E-state index contributed by atoms with van der Waals surface area (Å²) in [6, 6.07) is 6.43. The first-order chi connectivity index (χ1) is 11.8. The Kier molecular flexibility index (Phi) is 8.83. The number of guanidine groups is 1. The minimum absolute atomic E-state index is 0.0431. The van der Waals surface area contributed by atoms with E-state index in [0.29, 0.717) is 19.6 Å². The van der Waals surface area contributed by atoms with E-state index >= 15 is 0 Å². The summed E-state index contributed by atoms with van der Waals surface area (Å²) in [4.78, 5) is 18.0. The third-order valence-corrected chi connectivity index (χ3v) is 4.66. The van der Waals surface area contributed by atoms with Crippen LogP contribution in [0.15, 0.2) is 28.1 Å². The molecule has 1 aromatic carbocycles. The monoisotopic (exact) mass is 364 g/mol. The van der Waals surface area contributed by atoms with Gasteiger partial charge in [-0.15, -0.1) is 11.8 Å². The molecule has 5 nitrogen and oxygen atoms in total. The fourth-order valence-corrected chi connectivity index (χ4v) is 2.97. The fraction of sp³-hybridized carbons (Fsp3) is 0.579. The number of hydrogen-bond donors (Lipinski definition) is 3. The number of thioether (sulfide) groups is 1. The molecule has 0 heterocycles. The summed E-state index contributed by atoms with van der Waals surface area (Å²) < 4.78 is 0. The topological polar surface area (TPSA) is 65.5 Å². The van der Waals surface area contributed by atoms with Crippen molar-refractivity contribution in [2.45, 2.75) is 46.1 Å². The van der Waals surface area contributed by atoms with Crippen LogP contribution in [0.25, 0.3) is 0 Å². The van der Waals surface area contributed by atoms with Gasteiger partial charge in [-0.2, -0.15) is 0 Å². The minimum atomic E-state index is -0.500. The average Bonchev–Trinajstić information content (AvgIpc) is 2.58. The molecule has 25 heavy (non-hydrogen) atoms. The molecule has 0 saturated heterocycles. The van der Waals surface area contributed by atoms with Gasteiger partial charge >= 0.3 is 0 Å². The molecule has 0 radical (unpaired) electrons. The van der Waals surface area contributed by atoms with Crippen LogP contribution in [0.5, 0.6) is 0 Å². The average molecular weight is 365 g/mol. The van der Waals surface area contributed by atoms with Gasteiger partial charge in [0, 0.05) is 24.5 Å². The van der Waals surface area contributed by atoms with Gasteiger partial charge in [0.15, 0.2) is 5.96 Å². The molecule has 1 rings (SSSR count). The first kappa shape index (κ1) is 21.4. The maximum Gasteiger partial charge on any atom is 0.227 e. The number of carbonyl (C=O) groups excluding carboxylic acids is 1. The summed E-state index contributed by atoms with van der Waals surface area (Å²) in [5.74, 6) is 0.772. The number of carbonyl (C=O) groups is 1. The van der Waals surface area contributed by atoms with E-state index in [2.05, 4.69) is 52.3 Å². The second kappa shape index (κ2) is 10.3. The Balaban J connectivity index is 2.79. The van der Waals surface area contributed by atoms with Crippen LogP contribution in [0.2, 0.25) is 0 Å². The third kappa shape index (κ3) is 6.98. The van der Waals surface area contributed by atoms with E-state index in [1.54, 1.807) is 11.8 Å². The first-order valence-electron chi connectivity index (χ1n) is 8.78. The fourth-order valence-electron chi connectivity index (χ4n) is 2.27. The van der Waals surface area contributed by atoms with Crippen LogP contribution in [-0.4, -0.2) is 37.8 Å². The van der Waals surface area contributed by atoms with E-state index in [4.69, 9.17) is 0 Å². The van der Waals surface area contributed by atoms with Crippen LogP contribution >= 0.6 is 11.8 Å². The normalized spacial score (nSPS) is 12.0. The largest absolute Gasteiger partial charge is 0.357 e. The SMILES string of the molecule is CCNC(=O)C(C)(C)CNC(=NCc1ccc(C)cc1SC)NCC. The van der Waals surface area contributed by atoms with Gasteiger partial charge in [0.2, 0.25) is 5.91 Å². The van der Waals surface area contributed by atoms with Crippen molar-refractivity contribution in [3.05, 3.63) is 29.3 Å². The standard InChI is InChI=1S/C19H32N4OS/c1-7-20-17(24)19(4,5)13-23-18(21-8-2)22-12-15-10-9-14(3)11-16(15)25-6/h9-11H,7-8,12-13H2,1-6H3,(H,20,24)(H2,21,22,23). The highest BCUT2D eigenvalue weighted by molar-refractivity contribution is 7.98. The van der Waals surface area contributed by atoms with Crippen molar-refractivity contribution in [1.29, 1.82) is 0 Å². The lowest BCUT2D eigenvalue weighted by Gasteiger charge is -2.24. The Hall–Kier alpha value is -1.69. The van der Waals surface area contributed by atoms with Gasteiger partial charge in [0.25, 0.3) is 0 Å². The van der Waals surface area contributed by atoms with Crippen molar-refractivity contribution in [3.8, 4) is 0 Å². The second-order valence-corrected chi connectivity index (χ2v) is 7.46. The van der Waals surface area contributed by atoms with Crippen LogP contribution in [-0.2, 0) is 11.3 Å². The number of nitrogens with zero attached hydrogens (tertiary/aromatic N) is 1. The summed E-state index contributed by atoms with van der Waals surface area (Å²) >= 11 is 1.74. The number of hydrogen-bond acceptors (Lipinski definition) is 3. The van der Waals surface area contributed by atoms with Crippen LogP contribution in [0.3, 0.4) is 0 Å². The molecule has 1 amide bonds. The van der Waals surface area contributed by atoms with E-state index in [9.17, 15) is 4.79 Å². The summed E-state index contributed by atoms with van der Waals surface area (Å²) in [7, 11) is 0. The van der Waals surface area contributed by atoms with Crippen LogP contribution in [0.1, 0.15) is 38.8 Å². The van der Waals surface area contributed by atoms with Crippen LogP contribution in [0.4, 0.5) is 0 Å². The first-order valence-corrected chi connectivity index (χ1v) is 10.0. The van der Waals surface area contributed by atoms with Crippen molar-refractivity contribution in [1.82, 2.24) is 16.0 Å². The molecule has 0 saturated carbocycles. The molecular formula is C19H32N4OS. The lowest BCUT2D eigenvalue weighted by Crippen LogP contribution is -2.47. The highest BCUT2D eigenvalue weighted by Gasteiger charge is 2.27. The van der Waals surface area contributed by atoms with E-state index in [1.165, 1.54) is 16.0 Å². The molecule has 0 spiro atoms. The number of rotatable bonds is 8. The Morgan fingerprint density at radius 1 is 1.16 bits per heavy atom. The third-order valence-electron chi connectivity index (χ3n) is 3.84. The molecule has 0 aromatic heterocycles. The van der Waals surface area contributed by atoms with Crippen LogP contribution in [0, 0.1) is 12.3 Å². The zero-order valence-corrected chi connectivity index (χ0v) is 17.1. The molecule has 0 aliphatic carbocycles. The molecule has 1 aromatic rings. The summed E-state index contributed by atoms with van der Waals surface area (Å²) in [5, 5.41) is 9.41. The lowest BCUT2D eigenvalue weighted by molar-refractivity contribution is -0.128. The van der Waals surface area contributed by atoms with Gasteiger partial charge < -0.3 is 16.0 Å². The van der Waals surface area contributed by atoms with E-state index in [-0.39, 0.29) is 5.91 Å². The van der Waals surface area contributed by atoms with Gasteiger partial charge in [0.1, 0.15) is 0 Å². The highest BCUT2D eigenvalue weighted by atomic mass is 32.2. The summed E-state index contributed by atoms with van der Waals surface area (Å²) in [6.45, 7) is 12.5. The number of amides is 1. The summed E-state index contributed by atoms with van der Waals surface area (Å²) in [6.07, 6.45) is 2.08. The highest BCUT2D eigenvalue weighted by Crippen LogP contribution is 2.22. The Morgan fingerprint density at radius 2 is 1.84 bits per heavy atom. The van der Waals surface area contributed by atoms with Gasteiger partial charge in [-0.05, 0) is 58.1 Å². The molecule has 140 valence electrons. The predicted molar refractivity (Wildman–Crippen MR) is 108 cm³/mol. The van der Waals surface area contributed by atoms with Gasteiger partial charge in [0.05, 0.1) is 12.0 Å². The molecule has 0 aliphatic heterocycles. The lowest BCUT2D eigenvalue weighted by atomic mass is 9.92. The van der Waals surface area contributed by atoms with Crippen molar-refractivity contribution in [2.24, 2.45) is 10.4 Å². The van der Waals surface area contributed by atoms with Gasteiger partial charge in [-0.25, -0.2) is 4.99 Å². The Morgan fingerprint density at radius 3 is 2.44 bits per heavy atom. The number of nitrogens with one attached hydrogen (secondary N) is 3. The number of aliphatic imine (C=N–C) groups is 1. The van der Waals surface area contributed by atoms with Crippen molar-refractivity contribution >= 4 is 23.6 Å². The van der Waals surface area contributed by atoms with E-state index in [0.717, 1.165) is 12.5 Å². The zero-order chi connectivity index (χ0) is 18.9. The molecule has 0 bridgehead atoms. The molecule has 0 fully saturated rings. The molecule has 0 aliphatic rings. The molecular weight excluding hydrogens is 332 g/mol. The van der Waals surface area contributed by atoms with E-state index < -0.39 is 5.41 Å². The van der Waals surface area contributed by atoms with Gasteiger partial charge in [-0.1, -0.05) is 12.1 Å². The maximum atomic E-state index is 12.1. The quantitative estimate of drug-likeness (QED) is 0.377. The van der Waals surface area contributed by atoms with Crippen molar-refractivity contribution in [3.63, 3.8) is 0 Å². The second-order valence-electron chi connectivity index (χ2n) is 6.61. The van der Waals surface area contributed by atoms with Crippen LogP contribution < -0.4 is 16.0 Å². The minimum Gasteiger partial charge on any atom is -0.357 e.